The molecule has 1 aromatic heterocycles. The Balaban J connectivity index is 2.09. The van der Waals surface area contributed by atoms with Gasteiger partial charge in [0.1, 0.15) is 5.75 Å². The number of benzene rings is 1. The number of amides is 1. The first-order valence-corrected chi connectivity index (χ1v) is 11.2. The molecule has 1 aromatic carbocycles. The molecule has 0 saturated carbocycles. The Kier molecular flexibility index (Phi) is 7.46. The number of carbonyl (C=O) groups is 2. The van der Waals surface area contributed by atoms with Crippen LogP contribution in [0.4, 0.5) is 0 Å². The number of aliphatic hydroxyl groups is 1. The van der Waals surface area contributed by atoms with E-state index in [0.29, 0.717) is 28.5 Å². The standard InChI is InChI=1S/C23H28N2O5S/c1-5-6-12-30-17-10-8-7-9-16(17)19-18(20(26)22-14(2)24-15(3)31-22)21(27)23(28)25(19)11-13-29-4/h7-10,19,27H,5-6,11-13H2,1-4H3. The van der Waals surface area contributed by atoms with Crippen LogP contribution in [0, 0.1) is 13.8 Å². The number of hydrogen-bond donors (Lipinski definition) is 1. The van der Waals surface area contributed by atoms with Crippen LogP contribution in [0.15, 0.2) is 35.6 Å². The molecule has 1 amide bonds. The molecule has 0 radical (unpaired) electrons. The molecule has 8 heteroatoms. The van der Waals surface area contributed by atoms with Gasteiger partial charge >= 0.3 is 0 Å². The van der Waals surface area contributed by atoms with Crippen molar-refractivity contribution in [2.24, 2.45) is 0 Å². The van der Waals surface area contributed by atoms with E-state index in [1.165, 1.54) is 16.2 Å². The first-order valence-electron chi connectivity index (χ1n) is 10.3. The van der Waals surface area contributed by atoms with Gasteiger partial charge in [-0.15, -0.1) is 11.3 Å². The fourth-order valence-electron chi connectivity index (χ4n) is 3.66. The molecule has 31 heavy (non-hydrogen) atoms. The summed E-state index contributed by atoms with van der Waals surface area (Å²) in [5, 5.41) is 11.5. The Morgan fingerprint density at radius 2 is 2.00 bits per heavy atom. The van der Waals surface area contributed by atoms with Crippen molar-refractivity contribution in [3.63, 3.8) is 0 Å². The van der Waals surface area contributed by atoms with Crippen molar-refractivity contribution in [1.29, 1.82) is 0 Å². The summed E-state index contributed by atoms with van der Waals surface area (Å²) in [6, 6.07) is 6.57. The van der Waals surface area contributed by atoms with E-state index in [0.717, 1.165) is 17.8 Å². The number of carbonyl (C=O) groups excluding carboxylic acids is 2. The Morgan fingerprint density at radius 1 is 1.26 bits per heavy atom. The molecule has 1 atom stereocenters. The number of methoxy groups -OCH3 is 1. The largest absolute Gasteiger partial charge is 0.503 e. The summed E-state index contributed by atoms with van der Waals surface area (Å²) in [4.78, 5) is 32.7. The maximum Gasteiger partial charge on any atom is 0.290 e. The fourth-order valence-corrected chi connectivity index (χ4v) is 4.53. The molecule has 0 fully saturated rings. The maximum atomic E-state index is 13.5. The van der Waals surface area contributed by atoms with E-state index in [1.807, 2.05) is 31.2 Å². The number of Topliss-reactive ketones (excluding diaryl/α,β-unsaturated/α-hetero) is 1. The van der Waals surface area contributed by atoms with E-state index in [-0.39, 0.29) is 24.5 Å². The van der Waals surface area contributed by atoms with Crippen molar-refractivity contribution in [1.82, 2.24) is 9.88 Å². The SMILES string of the molecule is CCCCOc1ccccc1C1C(C(=O)c2sc(C)nc2C)=C(O)C(=O)N1CCOC. The first kappa shape index (κ1) is 23.0. The molecule has 0 spiro atoms. The van der Waals surface area contributed by atoms with Crippen LogP contribution >= 0.6 is 11.3 Å². The highest BCUT2D eigenvalue weighted by Gasteiger charge is 2.45. The second-order valence-electron chi connectivity index (χ2n) is 7.37. The molecule has 2 aromatic rings. The van der Waals surface area contributed by atoms with Crippen molar-refractivity contribution < 1.29 is 24.2 Å². The third-order valence-corrected chi connectivity index (χ3v) is 6.24. The lowest BCUT2D eigenvalue weighted by Crippen LogP contribution is -2.34. The average molecular weight is 445 g/mol. The summed E-state index contributed by atoms with van der Waals surface area (Å²) < 4.78 is 11.1. The van der Waals surface area contributed by atoms with Gasteiger partial charge in [-0.05, 0) is 26.3 Å². The maximum absolute atomic E-state index is 13.5. The molecule has 0 saturated heterocycles. The Labute approximate surface area is 186 Å². The van der Waals surface area contributed by atoms with Crippen molar-refractivity contribution in [2.75, 3.05) is 26.9 Å². The lowest BCUT2D eigenvalue weighted by atomic mass is 9.94. The predicted molar refractivity (Wildman–Crippen MR) is 119 cm³/mol. The molecule has 0 bridgehead atoms. The zero-order valence-corrected chi connectivity index (χ0v) is 19.1. The van der Waals surface area contributed by atoms with E-state index in [1.54, 1.807) is 14.0 Å². The van der Waals surface area contributed by atoms with Gasteiger partial charge in [-0.25, -0.2) is 4.98 Å². The minimum atomic E-state index is -0.769. The van der Waals surface area contributed by atoms with Crippen LogP contribution in [0.3, 0.4) is 0 Å². The van der Waals surface area contributed by atoms with Gasteiger partial charge in [-0.1, -0.05) is 31.5 Å². The molecule has 0 aliphatic carbocycles. The van der Waals surface area contributed by atoms with Crippen molar-refractivity contribution in [3.8, 4) is 5.75 Å². The number of aryl methyl sites for hydroxylation is 2. The monoisotopic (exact) mass is 444 g/mol. The van der Waals surface area contributed by atoms with Crippen molar-refractivity contribution in [3.05, 3.63) is 56.7 Å². The topological polar surface area (TPSA) is 89.0 Å². The molecule has 166 valence electrons. The molecular formula is C23H28N2O5S. The first-order chi connectivity index (χ1) is 14.9. The highest BCUT2D eigenvalue weighted by molar-refractivity contribution is 7.14. The molecule has 1 unspecified atom stereocenters. The zero-order chi connectivity index (χ0) is 22.5. The Hall–Kier alpha value is -2.71. The van der Waals surface area contributed by atoms with E-state index in [9.17, 15) is 14.7 Å². The Bertz CT molecular complexity index is 998. The lowest BCUT2D eigenvalue weighted by Gasteiger charge is -2.28. The number of aromatic nitrogens is 1. The summed E-state index contributed by atoms with van der Waals surface area (Å²) in [5.74, 6) is -0.914. The van der Waals surface area contributed by atoms with Crippen LogP contribution in [-0.2, 0) is 9.53 Å². The number of aliphatic hydroxyl groups excluding tert-OH is 1. The molecule has 1 aliphatic rings. The van der Waals surface area contributed by atoms with Crippen LogP contribution in [0.25, 0.3) is 0 Å². The second-order valence-corrected chi connectivity index (χ2v) is 8.58. The van der Waals surface area contributed by atoms with E-state index >= 15 is 0 Å². The van der Waals surface area contributed by atoms with Gasteiger partial charge in [0.15, 0.2) is 5.76 Å². The summed E-state index contributed by atoms with van der Waals surface area (Å²) in [6.07, 6.45) is 1.87. The third kappa shape index (κ3) is 4.65. The molecule has 7 nitrogen and oxygen atoms in total. The molecule has 1 aliphatic heterocycles. The number of rotatable bonds is 10. The van der Waals surface area contributed by atoms with Crippen LogP contribution in [0.2, 0.25) is 0 Å². The van der Waals surface area contributed by atoms with Gasteiger partial charge in [-0.2, -0.15) is 0 Å². The smallest absolute Gasteiger partial charge is 0.290 e. The van der Waals surface area contributed by atoms with Crippen LogP contribution in [-0.4, -0.2) is 53.5 Å². The fraction of sp³-hybridized carbons (Fsp3) is 0.435. The van der Waals surface area contributed by atoms with Crippen LogP contribution < -0.4 is 4.74 Å². The summed E-state index contributed by atoms with van der Waals surface area (Å²) in [5.41, 5.74) is 1.30. The van der Waals surface area contributed by atoms with E-state index in [2.05, 4.69) is 11.9 Å². The van der Waals surface area contributed by atoms with Gasteiger partial charge in [-0.3, -0.25) is 9.59 Å². The van der Waals surface area contributed by atoms with Gasteiger partial charge in [0.2, 0.25) is 5.78 Å². The van der Waals surface area contributed by atoms with Gasteiger partial charge in [0.25, 0.3) is 5.91 Å². The number of thiazole rings is 1. The molecular weight excluding hydrogens is 416 g/mol. The number of hydrogen-bond acceptors (Lipinski definition) is 7. The van der Waals surface area contributed by atoms with E-state index < -0.39 is 17.7 Å². The minimum Gasteiger partial charge on any atom is -0.503 e. The number of para-hydroxylation sites is 1. The van der Waals surface area contributed by atoms with Gasteiger partial charge in [0, 0.05) is 19.2 Å². The predicted octanol–water partition coefficient (Wildman–Crippen LogP) is 4.16. The van der Waals surface area contributed by atoms with E-state index in [4.69, 9.17) is 9.47 Å². The molecule has 1 N–H and O–H groups in total. The Morgan fingerprint density at radius 3 is 2.65 bits per heavy atom. The third-order valence-electron chi connectivity index (χ3n) is 5.16. The summed E-state index contributed by atoms with van der Waals surface area (Å²) in [7, 11) is 1.54. The number of unbranched alkanes of at least 4 members (excludes halogenated alkanes) is 1. The van der Waals surface area contributed by atoms with Gasteiger partial charge < -0.3 is 19.5 Å². The normalized spacial score (nSPS) is 16.3. The molecule has 2 heterocycles. The van der Waals surface area contributed by atoms with Crippen molar-refractivity contribution in [2.45, 2.75) is 39.7 Å². The number of ketones is 1. The lowest BCUT2D eigenvalue weighted by molar-refractivity contribution is -0.130. The highest BCUT2D eigenvalue weighted by atomic mass is 32.1. The average Bonchev–Trinajstić information content (AvgIpc) is 3.22. The van der Waals surface area contributed by atoms with Crippen molar-refractivity contribution >= 4 is 23.0 Å². The summed E-state index contributed by atoms with van der Waals surface area (Å²) in [6.45, 7) is 6.68. The van der Waals surface area contributed by atoms with Crippen LogP contribution in [0.1, 0.15) is 51.7 Å². The summed E-state index contributed by atoms with van der Waals surface area (Å²) >= 11 is 1.26. The highest BCUT2D eigenvalue weighted by Crippen LogP contribution is 2.43. The molecule has 3 rings (SSSR count). The zero-order valence-electron chi connectivity index (χ0n) is 18.3. The second kappa shape index (κ2) is 10.1. The number of nitrogens with zero attached hydrogens (tertiary/aromatic N) is 2. The quantitative estimate of drug-likeness (QED) is 0.437. The number of ether oxygens (including phenoxy) is 2. The van der Waals surface area contributed by atoms with Crippen LogP contribution in [0.5, 0.6) is 5.75 Å². The minimum absolute atomic E-state index is 0.0550. The van der Waals surface area contributed by atoms with Gasteiger partial charge in [0.05, 0.1) is 40.4 Å².